The van der Waals surface area contributed by atoms with Crippen molar-refractivity contribution < 1.29 is 0 Å². The van der Waals surface area contributed by atoms with E-state index < -0.39 is 0 Å². The van der Waals surface area contributed by atoms with E-state index >= 15 is 0 Å². The lowest BCUT2D eigenvalue weighted by molar-refractivity contribution is 0.481. The average Bonchev–Trinajstić information content (AvgIpc) is 2.02. The topological polar surface area (TPSA) is 0 Å². The van der Waals surface area contributed by atoms with Crippen LogP contribution in [0.1, 0.15) is 20.8 Å². The maximum Gasteiger partial charge on any atom is 0.0406 e. The summed E-state index contributed by atoms with van der Waals surface area (Å²) in [6, 6.07) is 8.01. The van der Waals surface area contributed by atoms with Gasteiger partial charge in [0.1, 0.15) is 0 Å². The molecule has 1 rings (SSSR count). The Bertz CT molecular complexity index is 258. The average molecular weight is 215 g/mol. The molecule has 0 amide bonds. The molecule has 0 aliphatic heterocycles. The quantitative estimate of drug-likeness (QED) is 0.655. The summed E-state index contributed by atoms with van der Waals surface area (Å²) in [6.07, 6.45) is 0. The fourth-order valence-electron chi connectivity index (χ4n) is 0.831. The van der Waals surface area contributed by atoms with E-state index in [0.717, 1.165) is 10.8 Å². The summed E-state index contributed by atoms with van der Waals surface area (Å²) in [5, 5.41) is 0.806. The third-order valence-electron chi connectivity index (χ3n) is 1.49. The minimum atomic E-state index is 0.379. The molecule has 0 N–H and O–H groups in total. The van der Waals surface area contributed by atoms with Crippen LogP contribution in [0, 0.1) is 5.41 Å². The van der Waals surface area contributed by atoms with Crippen LogP contribution >= 0.6 is 23.4 Å². The molecule has 0 heterocycles. The zero-order chi connectivity index (χ0) is 9.90. The summed E-state index contributed by atoms with van der Waals surface area (Å²) >= 11 is 7.67. The standard InChI is InChI=1S/C11H15ClS/c1-11(2,3)8-13-10-6-4-9(12)5-7-10/h4-7H,8H2,1-3H3. The highest BCUT2D eigenvalue weighted by atomic mass is 35.5. The van der Waals surface area contributed by atoms with Crippen LogP contribution in [-0.2, 0) is 0 Å². The Morgan fingerprint density at radius 3 is 2.15 bits per heavy atom. The second-order valence-electron chi connectivity index (χ2n) is 4.30. The van der Waals surface area contributed by atoms with Gasteiger partial charge in [-0.05, 0) is 29.7 Å². The number of thioether (sulfide) groups is 1. The van der Waals surface area contributed by atoms with Gasteiger partial charge in [-0.3, -0.25) is 0 Å². The maximum absolute atomic E-state index is 5.79. The van der Waals surface area contributed by atoms with Gasteiger partial charge in [0.25, 0.3) is 0 Å². The molecule has 0 spiro atoms. The molecule has 0 bridgehead atoms. The first-order valence-corrected chi connectivity index (χ1v) is 5.72. The van der Waals surface area contributed by atoms with Crippen molar-refractivity contribution >= 4 is 23.4 Å². The van der Waals surface area contributed by atoms with Gasteiger partial charge in [-0.25, -0.2) is 0 Å². The molecule has 0 aliphatic rings. The summed E-state index contributed by atoms with van der Waals surface area (Å²) in [5.74, 6) is 1.13. The molecule has 0 nitrogen and oxygen atoms in total. The first-order chi connectivity index (χ1) is 5.97. The largest absolute Gasteiger partial charge is 0.126 e. The van der Waals surface area contributed by atoms with Crippen LogP contribution in [-0.4, -0.2) is 5.75 Å². The van der Waals surface area contributed by atoms with Crippen LogP contribution in [0.25, 0.3) is 0 Å². The van der Waals surface area contributed by atoms with Crippen molar-refractivity contribution in [3.05, 3.63) is 29.3 Å². The number of hydrogen-bond donors (Lipinski definition) is 0. The van der Waals surface area contributed by atoms with Crippen molar-refractivity contribution in [3.8, 4) is 0 Å². The van der Waals surface area contributed by atoms with E-state index in [-0.39, 0.29) is 0 Å². The molecule has 13 heavy (non-hydrogen) atoms. The Morgan fingerprint density at radius 1 is 1.15 bits per heavy atom. The molecule has 0 radical (unpaired) electrons. The van der Waals surface area contributed by atoms with E-state index in [1.54, 1.807) is 0 Å². The van der Waals surface area contributed by atoms with Gasteiger partial charge in [-0.1, -0.05) is 32.4 Å². The molecule has 2 heteroatoms. The third kappa shape index (κ3) is 4.58. The molecule has 1 aromatic carbocycles. The van der Waals surface area contributed by atoms with Gasteiger partial charge in [-0.15, -0.1) is 11.8 Å². The lowest BCUT2D eigenvalue weighted by Gasteiger charge is -2.16. The van der Waals surface area contributed by atoms with E-state index in [0.29, 0.717) is 5.41 Å². The van der Waals surface area contributed by atoms with E-state index in [4.69, 9.17) is 11.6 Å². The summed E-state index contributed by atoms with van der Waals surface area (Å²) in [5.41, 5.74) is 0.379. The molecular formula is C11H15ClS. The van der Waals surface area contributed by atoms with Gasteiger partial charge in [0.2, 0.25) is 0 Å². The van der Waals surface area contributed by atoms with Gasteiger partial charge in [0, 0.05) is 15.7 Å². The smallest absolute Gasteiger partial charge is 0.0406 e. The van der Waals surface area contributed by atoms with Crippen LogP contribution in [0.5, 0.6) is 0 Å². The lowest BCUT2D eigenvalue weighted by Crippen LogP contribution is -2.07. The van der Waals surface area contributed by atoms with E-state index in [1.807, 2.05) is 23.9 Å². The highest BCUT2D eigenvalue weighted by molar-refractivity contribution is 7.99. The third-order valence-corrected chi connectivity index (χ3v) is 3.35. The zero-order valence-corrected chi connectivity index (χ0v) is 9.88. The Labute approximate surface area is 89.7 Å². The Balaban J connectivity index is 2.51. The van der Waals surface area contributed by atoms with Crippen LogP contribution in [0.15, 0.2) is 29.2 Å². The fraction of sp³-hybridized carbons (Fsp3) is 0.455. The second-order valence-corrected chi connectivity index (χ2v) is 5.79. The normalized spacial score (nSPS) is 11.7. The first kappa shape index (κ1) is 10.9. The molecule has 0 saturated carbocycles. The van der Waals surface area contributed by atoms with Crippen LogP contribution in [0.3, 0.4) is 0 Å². The fourth-order valence-corrected chi connectivity index (χ4v) is 1.88. The van der Waals surface area contributed by atoms with Gasteiger partial charge in [-0.2, -0.15) is 0 Å². The predicted octanol–water partition coefficient (Wildman–Crippen LogP) is 4.48. The highest BCUT2D eigenvalue weighted by Gasteiger charge is 2.10. The van der Waals surface area contributed by atoms with E-state index in [2.05, 4.69) is 32.9 Å². The Kier molecular flexibility index (Phi) is 3.69. The molecule has 0 aliphatic carbocycles. The summed E-state index contributed by atoms with van der Waals surface area (Å²) in [6.45, 7) is 6.74. The Morgan fingerprint density at radius 2 is 1.69 bits per heavy atom. The molecule has 1 aromatic rings. The molecule has 0 aromatic heterocycles. The number of rotatable bonds is 2. The lowest BCUT2D eigenvalue weighted by atomic mass is 10.0. The van der Waals surface area contributed by atoms with Crippen molar-refractivity contribution in [2.24, 2.45) is 5.41 Å². The van der Waals surface area contributed by atoms with Crippen molar-refractivity contribution in [2.75, 3.05) is 5.75 Å². The van der Waals surface area contributed by atoms with E-state index in [1.165, 1.54) is 4.90 Å². The molecule has 0 atom stereocenters. The number of hydrogen-bond acceptors (Lipinski definition) is 1. The van der Waals surface area contributed by atoms with E-state index in [9.17, 15) is 0 Å². The Hall–Kier alpha value is -0.140. The summed E-state index contributed by atoms with van der Waals surface area (Å²) in [4.78, 5) is 1.29. The minimum absolute atomic E-state index is 0.379. The van der Waals surface area contributed by atoms with Crippen LogP contribution in [0.2, 0.25) is 5.02 Å². The monoisotopic (exact) mass is 214 g/mol. The van der Waals surface area contributed by atoms with Crippen LogP contribution < -0.4 is 0 Å². The highest BCUT2D eigenvalue weighted by Crippen LogP contribution is 2.27. The number of halogens is 1. The number of benzene rings is 1. The summed E-state index contributed by atoms with van der Waals surface area (Å²) < 4.78 is 0. The predicted molar refractivity (Wildman–Crippen MR) is 61.6 cm³/mol. The molecule has 0 unspecified atom stereocenters. The first-order valence-electron chi connectivity index (χ1n) is 4.36. The molecular weight excluding hydrogens is 200 g/mol. The van der Waals surface area contributed by atoms with Gasteiger partial charge in [0.15, 0.2) is 0 Å². The maximum atomic E-state index is 5.79. The van der Waals surface area contributed by atoms with Crippen molar-refractivity contribution in [1.82, 2.24) is 0 Å². The second kappa shape index (κ2) is 4.39. The van der Waals surface area contributed by atoms with Crippen LogP contribution in [0.4, 0.5) is 0 Å². The van der Waals surface area contributed by atoms with Crippen molar-refractivity contribution in [3.63, 3.8) is 0 Å². The summed E-state index contributed by atoms with van der Waals surface area (Å²) in [7, 11) is 0. The zero-order valence-electron chi connectivity index (χ0n) is 8.30. The SMILES string of the molecule is CC(C)(C)CSc1ccc(Cl)cc1. The molecule has 0 fully saturated rings. The molecule has 0 saturated heterocycles. The minimum Gasteiger partial charge on any atom is -0.126 e. The van der Waals surface area contributed by atoms with Gasteiger partial charge < -0.3 is 0 Å². The molecule has 72 valence electrons. The van der Waals surface area contributed by atoms with Crippen molar-refractivity contribution in [2.45, 2.75) is 25.7 Å². The van der Waals surface area contributed by atoms with Crippen molar-refractivity contribution in [1.29, 1.82) is 0 Å². The van der Waals surface area contributed by atoms with Gasteiger partial charge >= 0.3 is 0 Å². The van der Waals surface area contributed by atoms with Gasteiger partial charge in [0.05, 0.1) is 0 Å².